The fraction of sp³-hybridized carbons (Fsp3) is 0.467. The maximum atomic E-state index is 12.2. The summed E-state index contributed by atoms with van der Waals surface area (Å²) in [6.45, 7) is 8.99. The summed E-state index contributed by atoms with van der Waals surface area (Å²) in [5.74, 6) is 0. The summed E-state index contributed by atoms with van der Waals surface area (Å²) in [6, 6.07) is 6.85. The van der Waals surface area contributed by atoms with E-state index in [9.17, 15) is 9.59 Å². The Morgan fingerprint density at radius 1 is 1.37 bits per heavy atom. The lowest BCUT2D eigenvalue weighted by Crippen LogP contribution is -2.43. The molecule has 0 aromatic heterocycles. The minimum absolute atomic E-state index is 0.516. The van der Waals surface area contributed by atoms with Crippen LogP contribution in [0.5, 0.6) is 0 Å². The van der Waals surface area contributed by atoms with Gasteiger partial charge in [-0.25, -0.2) is 4.79 Å². The first-order valence-electron chi connectivity index (χ1n) is 6.29. The summed E-state index contributed by atoms with van der Waals surface area (Å²) < 4.78 is 5.35. The molecule has 0 fully saturated rings. The van der Waals surface area contributed by atoms with Crippen molar-refractivity contribution in [2.75, 3.05) is 4.90 Å². The highest BCUT2D eigenvalue weighted by Crippen LogP contribution is 2.21. The summed E-state index contributed by atoms with van der Waals surface area (Å²) in [6.07, 6.45) is 0.212. The largest absolute Gasteiger partial charge is 0.443 e. The Morgan fingerprint density at radius 3 is 2.47 bits per heavy atom. The first kappa shape index (κ1) is 15.2. The van der Waals surface area contributed by atoms with Gasteiger partial charge in [0.15, 0.2) is 0 Å². The molecule has 19 heavy (non-hydrogen) atoms. The molecule has 1 atom stereocenters. The molecule has 0 aliphatic rings. The van der Waals surface area contributed by atoms with Gasteiger partial charge < -0.3 is 9.53 Å². The highest BCUT2D eigenvalue weighted by atomic mass is 16.6. The quantitative estimate of drug-likeness (QED) is 0.786. The molecule has 0 aliphatic carbocycles. The van der Waals surface area contributed by atoms with E-state index in [4.69, 9.17) is 4.74 Å². The molecule has 1 unspecified atom stereocenters. The Labute approximate surface area is 114 Å². The van der Waals surface area contributed by atoms with Crippen molar-refractivity contribution in [3.63, 3.8) is 0 Å². The Hall–Kier alpha value is -1.84. The van der Waals surface area contributed by atoms with Crippen molar-refractivity contribution >= 4 is 18.1 Å². The molecular weight excluding hydrogens is 242 g/mol. The van der Waals surface area contributed by atoms with Crippen LogP contribution in [0.3, 0.4) is 0 Å². The van der Waals surface area contributed by atoms with Crippen molar-refractivity contribution in [2.45, 2.75) is 46.3 Å². The van der Waals surface area contributed by atoms with E-state index in [-0.39, 0.29) is 0 Å². The Balaban J connectivity index is 3.08. The fourth-order valence-corrected chi connectivity index (χ4v) is 1.66. The molecule has 1 aromatic rings. The maximum absolute atomic E-state index is 12.2. The van der Waals surface area contributed by atoms with Gasteiger partial charge >= 0.3 is 6.09 Å². The van der Waals surface area contributed by atoms with Crippen molar-refractivity contribution in [2.24, 2.45) is 0 Å². The smallest absolute Gasteiger partial charge is 0.415 e. The zero-order valence-corrected chi connectivity index (χ0v) is 12.1. The summed E-state index contributed by atoms with van der Waals surface area (Å²) in [7, 11) is 0. The third-order valence-corrected chi connectivity index (χ3v) is 2.47. The molecular formula is C15H21NO3. The van der Waals surface area contributed by atoms with Gasteiger partial charge in [-0.05, 0) is 52.3 Å². The number of hydrogen-bond acceptors (Lipinski definition) is 3. The lowest BCUT2D eigenvalue weighted by atomic mass is 10.2. The van der Waals surface area contributed by atoms with Gasteiger partial charge in [-0.2, -0.15) is 0 Å². The summed E-state index contributed by atoms with van der Waals surface area (Å²) in [5, 5.41) is 0. The van der Waals surface area contributed by atoms with Crippen LogP contribution in [0.2, 0.25) is 0 Å². The van der Waals surface area contributed by atoms with Crippen LogP contribution in [-0.2, 0) is 9.53 Å². The molecule has 0 saturated heterocycles. The third kappa shape index (κ3) is 4.39. The van der Waals surface area contributed by atoms with Gasteiger partial charge in [-0.3, -0.25) is 4.90 Å². The minimum atomic E-state index is -0.595. The fourth-order valence-electron chi connectivity index (χ4n) is 1.66. The number of nitrogens with zero attached hydrogens (tertiary/aromatic N) is 1. The molecule has 0 heterocycles. The average molecular weight is 263 g/mol. The highest BCUT2D eigenvalue weighted by Gasteiger charge is 2.27. The molecule has 4 heteroatoms. The number of hydrogen-bond donors (Lipinski definition) is 0. The predicted octanol–water partition coefficient (Wildman–Crippen LogP) is 3.32. The average Bonchev–Trinajstić information content (AvgIpc) is 2.26. The molecule has 0 N–H and O–H groups in total. The van der Waals surface area contributed by atoms with E-state index in [1.807, 2.05) is 25.1 Å². The molecule has 0 radical (unpaired) electrons. The highest BCUT2D eigenvalue weighted by molar-refractivity contribution is 5.92. The van der Waals surface area contributed by atoms with Gasteiger partial charge in [0.05, 0.1) is 6.04 Å². The number of carbonyl (C=O) groups is 2. The number of benzene rings is 1. The summed E-state index contributed by atoms with van der Waals surface area (Å²) in [5.41, 5.74) is 1.08. The van der Waals surface area contributed by atoms with Gasteiger partial charge in [0.25, 0.3) is 0 Å². The van der Waals surface area contributed by atoms with E-state index >= 15 is 0 Å². The molecule has 4 nitrogen and oxygen atoms in total. The van der Waals surface area contributed by atoms with Crippen molar-refractivity contribution in [3.05, 3.63) is 29.8 Å². The van der Waals surface area contributed by atoms with Crippen LogP contribution in [0.4, 0.5) is 10.5 Å². The number of amides is 1. The first-order valence-corrected chi connectivity index (χ1v) is 6.29. The number of rotatable bonds is 3. The Bertz CT molecular complexity index is 463. The number of ether oxygens (including phenoxy) is 1. The number of anilines is 1. The first-order chi connectivity index (χ1) is 8.74. The topological polar surface area (TPSA) is 46.6 Å². The standard InChI is InChI=1S/C15H21NO3/c1-11-7-6-8-13(9-11)16(12(2)10-17)14(18)19-15(3,4)5/h6-10,12H,1-5H3. The van der Waals surface area contributed by atoms with Crippen molar-refractivity contribution in [3.8, 4) is 0 Å². The summed E-state index contributed by atoms with van der Waals surface area (Å²) >= 11 is 0. The van der Waals surface area contributed by atoms with E-state index < -0.39 is 17.7 Å². The lowest BCUT2D eigenvalue weighted by molar-refractivity contribution is -0.108. The number of carbonyl (C=O) groups excluding carboxylic acids is 2. The monoisotopic (exact) mass is 263 g/mol. The number of aryl methyl sites for hydroxylation is 1. The maximum Gasteiger partial charge on any atom is 0.415 e. The molecule has 0 aliphatic heterocycles. The Morgan fingerprint density at radius 2 is 2.00 bits per heavy atom. The molecule has 104 valence electrons. The molecule has 0 spiro atoms. The van der Waals surface area contributed by atoms with Gasteiger partial charge in [0.1, 0.15) is 11.9 Å². The van der Waals surface area contributed by atoms with Gasteiger partial charge in [-0.15, -0.1) is 0 Å². The van der Waals surface area contributed by atoms with Gasteiger partial charge in [-0.1, -0.05) is 12.1 Å². The van der Waals surface area contributed by atoms with Crippen molar-refractivity contribution in [1.82, 2.24) is 0 Å². The molecule has 1 aromatic carbocycles. The third-order valence-electron chi connectivity index (χ3n) is 2.47. The van der Waals surface area contributed by atoms with E-state index in [2.05, 4.69) is 0 Å². The van der Waals surface area contributed by atoms with Crippen LogP contribution in [0.15, 0.2) is 24.3 Å². The van der Waals surface area contributed by atoms with Crippen LogP contribution < -0.4 is 4.90 Å². The zero-order chi connectivity index (χ0) is 14.6. The predicted molar refractivity (Wildman–Crippen MR) is 75.4 cm³/mol. The number of aldehydes is 1. The second-order valence-corrected chi connectivity index (χ2v) is 5.57. The van der Waals surface area contributed by atoms with Crippen LogP contribution in [-0.4, -0.2) is 24.0 Å². The van der Waals surface area contributed by atoms with E-state index in [0.717, 1.165) is 11.8 Å². The lowest BCUT2D eigenvalue weighted by Gasteiger charge is -2.29. The van der Waals surface area contributed by atoms with Crippen LogP contribution in [0.25, 0.3) is 0 Å². The summed E-state index contributed by atoms with van der Waals surface area (Å²) in [4.78, 5) is 24.6. The van der Waals surface area contributed by atoms with Gasteiger partial charge in [0, 0.05) is 5.69 Å². The Kier molecular flexibility index (Phi) is 4.70. The second-order valence-electron chi connectivity index (χ2n) is 5.57. The van der Waals surface area contributed by atoms with Crippen molar-refractivity contribution in [1.29, 1.82) is 0 Å². The second kappa shape index (κ2) is 5.87. The van der Waals surface area contributed by atoms with E-state index in [1.54, 1.807) is 33.8 Å². The molecule has 1 amide bonds. The van der Waals surface area contributed by atoms with E-state index in [1.165, 1.54) is 4.90 Å². The molecule has 0 saturated carbocycles. The van der Waals surface area contributed by atoms with Crippen molar-refractivity contribution < 1.29 is 14.3 Å². The van der Waals surface area contributed by atoms with E-state index in [0.29, 0.717) is 5.69 Å². The van der Waals surface area contributed by atoms with Crippen LogP contribution in [0, 0.1) is 6.92 Å². The normalized spacial score (nSPS) is 12.7. The molecule has 1 rings (SSSR count). The zero-order valence-electron chi connectivity index (χ0n) is 12.1. The SMILES string of the molecule is Cc1cccc(N(C(=O)OC(C)(C)C)C(C)C=O)c1. The van der Waals surface area contributed by atoms with Crippen LogP contribution in [0.1, 0.15) is 33.3 Å². The molecule has 0 bridgehead atoms. The van der Waals surface area contributed by atoms with Gasteiger partial charge in [0.2, 0.25) is 0 Å². The van der Waals surface area contributed by atoms with Crippen LogP contribution >= 0.6 is 0 Å². The minimum Gasteiger partial charge on any atom is -0.443 e.